The third-order valence-electron chi connectivity index (χ3n) is 5.86. The van der Waals surface area contributed by atoms with Crippen LogP contribution in [0.25, 0.3) is 10.9 Å². The molecule has 5 rings (SSSR count). The predicted molar refractivity (Wildman–Crippen MR) is 125 cm³/mol. The number of anilines is 2. The van der Waals surface area contributed by atoms with Crippen molar-refractivity contribution in [3.8, 4) is 0 Å². The second-order valence-corrected chi connectivity index (χ2v) is 9.82. The number of hydrogen-bond acceptors (Lipinski definition) is 8. The number of furan rings is 1. The Balaban J connectivity index is 1.40. The molecule has 0 bridgehead atoms. The standard InChI is InChI=1S/C24H22N4O5S/c1-15-20(24(29)32-2)12-22(33-15)34(30,31)28-10-8-19-17(14-28)7-9-25-23(19)27-18-11-16-5-3-4-6-21(16)26-13-18/h3-7,9,11-13H,8,10,14H2,1-2H3,(H,25,27). The van der Waals surface area contributed by atoms with Crippen LogP contribution in [0.1, 0.15) is 27.2 Å². The second kappa shape index (κ2) is 8.54. The van der Waals surface area contributed by atoms with E-state index in [-0.39, 0.29) is 29.5 Å². The Bertz CT molecular complexity index is 1510. The number of hydrogen-bond donors (Lipinski definition) is 1. The fraction of sp³-hybridized carbons (Fsp3) is 0.208. The summed E-state index contributed by atoms with van der Waals surface area (Å²) in [5.74, 6) is 0.229. The lowest BCUT2D eigenvalue weighted by Crippen LogP contribution is -2.36. The Kier molecular flexibility index (Phi) is 5.54. The first-order valence-electron chi connectivity index (χ1n) is 10.6. The number of nitrogens with zero attached hydrogens (tertiary/aromatic N) is 3. The molecule has 4 heterocycles. The van der Waals surface area contributed by atoms with Crippen LogP contribution in [-0.4, -0.2) is 42.3 Å². The monoisotopic (exact) mass is 478 g/mol. The van der Waals surface area contributed by atoms with Gasteiger partial charge in [0.05, 0.1) is 24.5 Å². The number of aromatic nitrogens is 2. The fourth-order valence-corrected chi connectivity index (χ4v) is 5.47. The number of sulfonamides is 1. The van der Waals surface area contributed by atoms with Crippen LogP contribution in [0.3, 0.4) is 0 Å². The van der Waals surface area contributed by atoms with Crippen LogP contribution in [0.5, 0.6) is 0 Å². The number of aryl methyl sites for hydroxylation is 1. The van der Waals surface area contributed by atoms with Crippen molar-refractivity contribution in [1.29, 1.82) is 0 Å². The van der Waals surface area contributed by atoms with Gasteiger partial charge in [0, 0.05) is 36.3 Å². The molecular weight excluding hydrogens is 456 g/mol. The number of pyridine rings is 2. The third kappa shape index (κ3) is 3.91. The van der Waals surface area contributed by atoms with Crippen LogP contribution >= 0.6 is 0 Å². The van der Waals surface area contributed by atoms with Crippen molar-refractivity contribution in [2.24, 2.45) is 0 Å². The van der Waals surface area contributed by atoms with Crippen LogP contribution in [0.15, 0.2) is 64.4 Å². The van der Waals surface area contributed by atoms with Gasteiger partial charge in [0.1, 0.15) is 17.1 Å². The number of para-hydroxylation sites is 1. The van der Waals surface area contributed by atoms with E-state index >= 15 is 0 Å². The molecular formula is C24H22N4O5S. The van der Waals surface area contributed by atoms with Gasteiger partial charge in [0.2, 0.25) is 5.09 Å². The number of carbonyl (C=O) groups is 1. The number of fused-ring (bicyclic) bond motifs is 2. The summed E-state index contributed by atoms with van der Waals surface area (Å²) in [7, 11) is -2.70. The lowest BCUT2D eigenvalue weighted by Gasteiger charge is -2.28. The first-order chi connectivity index (χ1) is 16.4. The van der Waals surface area contributed by atoms with Crippen LogP contribution < -0.4 is 5.32 Å². The van der Waals surface area contributed by atoms with Crippen LogP contribution in [0.2, 0.25) is 0 Å². The number of esters is 1. The Hall–Kier alpha value is -3.76. The Morgan fingerprint density at radius 3 is 2.82 bits per heavy atom. The zero-order chi connectivity index (χ0) is 23.9. The molecule has 0 saturated heterocycles. The summed E-state index contributed by atoms with van der Waals surface area (Å²) in [6.07, 6.45) is 3.87. The lowest BCUT2D eigenvalue weighted by molar-refractivity contribution is 0.0598. The third-order valence-corrected chi connectivity index (χ3v) is 7.56. The molecule has 34 heavy (non-hydrogen) atoms. The van der Waals surface area contributed by atoms with E-state index in [0.29, 0.717) is 12.2 Å². The van der Waals surface area contributed by atoms with Crippen LogP contribution in [-0.2, 0) is 27.7 Å². The number of benzene rings is 1. The summed E-state index contributed by atoms with van der Waals surface area (Å²) in [6, 6.07) is 12.9. The molecule has 0 unspecified atom stereocenters. The molecule has 0 aliphatic carbocycles. The highest BCUT2D eigenvalue weighted by Crippen LogP contribution is 2.31. The van der Waals surface area contributed by atoms with Gasteiger partial charge in [-0.25, -0.2) is 18.2 Å². The molecule has 1 aromatic carbocycles. The first kappa shape index (κ1) is 22.1. The van der Waals surface area contributed by atoms with Crippen molar-refractivity contribution < 1.29 is 22.4 Å². The summed E-state index contributed by atoms with van der Waals surface area (Å²) < 4.78 is 37.9. The molecule has 1 aliphatic rings. The van der Waals surface area contributed by atoms with Crippen molar-refractivity contribution in [3.05, 3.63) is 77.3 Å². The van der Waals surface area contributed by atoms with Gasteiger partial charge >= 0.3 is 5.97 Å². The van der Waals surface area contributed by atoms with Crippen molar-refractivity contribution in [2.75, 3.05) is 19.0 Å². The largest absolute Gasteiger partial charge is 0.465 e. The second-order valence-electron chi connectivity index (χ2n) is 7.95. The van der Waals surface area contributed by atoms with Crippen molar-refractivity contribution in [2.45, 2.75) is 25.0 Å². The van der Waals surface area contributed by atoms with Gasteiger partial charge in [-0.05, 0) is 37.1 Å². The topological polar surface area (TPSA) is 115 Å². The summed E-state index contributed by atoms with van der Waals surface area (Å²) in [5, 5.41) is 4.06. The van der Waals surface area contributed by atoms with E-state index in [4.69, 9.17) is 9.15 Å². The van der Waals surface area contributed by atoms with E-state index in [2.05, 4.69) is 15.3 Å². The summed E-state index contributed by atoms with van der Waals surface area (Å²) in [6.45, 7) is 1.94. The average molecular weight is 479 g/mol. The molecule has 3 aromatic heterocycles. The maximum atomic E-state index is 13.2. The minimum Gasteiger partial charge on any atom is -0.465 e. The average Bonchev–Trinajstić information content (AvgIpc) is 3.25. The molecule has 0 fully saturated rings. The van der Waals surface area contributed by atoms with E-state index < -0.39 is 16.0 Å². The highest BCUT2D eigenvalue weighted by molar-refractivity contribution is 7.89. The van der Waals surface area contributed by atoms with Crippen LogP contribution in [0.4, 0.5) is 11.5 Å². The van der Waals surface area contributed by atoms with Gasteiger partial charge in [-0.3, -0.25) is 4.98 Å². The van der Waals surface area contributed by atoms with Crippen molar-refractivity contribution >= 4 is 38.4 Å². The molecule has 0 saturated carbocycles. The van der Waals surface area contributed by atoms with Gasteiger partial charge in [0.25, 0.3) is 10.0 Å². The molecule has 4 aromatic rings. The Morgan fingerprint density at radius 2 is 2.00 bits per heavy atom. The predicted octanol–water partition coefficient (Wildman–Crippen LogP) is 3.81. The Labute approximate surface area is 196 Å². The maximum Gasteiger partial charge on any atom is 0.341 e. The number of rotatable bonds is 5. The molecule has 1 N–H and O–H groups in total. The van der Waals surface area contributed by atoms with Gasteiger partial charge in [0.15, 0.2) is 0 Å². The van der Waals surface area contributed by atoms with Crippen molar-refractivity contribution in [1.82, 2.24) is 14.3 Å². The molecule has 0 atom stereocenters. The quantitative estimate of drug-likeness (QED) is 0.431. The molecule has 0 radical (unpaired) electrons. The lowest BCUT2D eigenvalue weighted by atomic mass is 10.0. The van der Waals surface area contributed by atoms with Gasteiger partial charge in [-0.1, -0.05) is 18.2 Å². The summed E-state index contributed by atoms with van der Waals surface area (Å²) in [4.78, 5) is 20.8. The van der Waals surface area contributed by atoms with Crippen LogP contribution in [0, 0.1) is 6.92 Å². The zero-order valence-electron chi connectivity index (χ0n) is 18.6. The number of ether oxygens (including phenoxy) is 1. The maximum absolute atomic E-state index is 13.2. The summed E-state index contributed by atoms with van der Waals surface area (Å²) in [5.41, 5.74) is 3.60. The van der Waals surface area contributed by atoms with Gasteiger partial charge in [-0.2, -0.15) is 4.31 Å². The number of carbonyl (C=O) groups excluding carboxylic acids is 1. The highest BCUT2D eigenvalue weighted by atomic mass is 32.2. The van der Waals surface area contributed by atoms with Gasteiger partial charge < -0.3 is 14.5 Å². The molecule has 1 aliphatic heterocycles. The van der Waals surface area contributed by atoms with Gasteiger partial charge in [-0.15, -0.1) is 0 Å². The smallest absolute Gasteiger partial charge is 0.341 e. The minimum atomic E-state index is -3.94. The molecule has 9 nitrogen and oxygen atoms in total. The molecule has 0 spiro atoms. The number of nitrogens with one attached hydrogen (secondary N) is 1. The van der Waals surface area contributed by atoms with Crippen molar-refractivity contribution in [3.63, 3.8) is 0 Å². The summed E-state index contributed by atoms with van der Waals surface area (Å²) >= 11 is 0. The molecule has 174 valence electrons. The zero-order valence-corrected chi connectivity index (χ0v) is 19.4. The van der Waals surface area contributed by atoms with E-state index in [1.54, 1.807) is 12.4 Å². The molecule has 0 amide bonds. The van der Waals surface area contributed by atoms with E-state index in [9.17, 15) is 13.2 Å². The SMILES string of the molecule is COC(=O)c1cc(S(=O)(=O)N2CCc3c(ccnc3Nc3cnc4ccccc4c3)C2)oc1C. The minimum absolute atomic E-state index is 0.0955. The normalized spacial score (nSPS) is 14.1. The molecule has 10 heteroatoms. The Morgan fingerprint density at radius 1 is 1.18 bits per heavy atom. The highest BCUT2D eigenvalue weighted by Gasteiger charge is 2.33. The van der Waals surface area contributed by atoms with E-state index in [1.165, 1.54) is 24.4 Å². The fourth-order valence-electron chi connectivity index (χ4n) is 4.08. The van der Waals surface area contributed by atoms with E-state index in [0.717, 1.165) is 27.7 Å². The number of methoxy groups -OCH3 is 1. The van der Waals surface area contributed by atoms with E-state index in [1.807, 2.05) is 36.4 Å². The first-order valence-corrected chi connectivity index (χ1v) is 12.1.